The molecule has 14 heavy (non-hydrogen) atoms. The highest BCUT2D eigenvalue weighted by molar-refractivity contribution is 5.84. The molecule has 0 unspecified atom stereocenters. The summed E-state index contributed by atoms with van der Waals surface area (Å²) in [4.78, 5) is 11.0. The number of benzene rings is 1. The van der Waals surface area contributed by atoms with Crippen molar-refractivity contribution in [1.29, 1.82) is 0 Å². The number of fused-ring (bicyclic) bond motifs is 1. The summed E-state index contributed by atoms with van der Waals surface area (Å²) in [7, 11) is 1.39. The number of ketones is 1. The molecule has 0 bridgehead atoms. The number of halogens is 1. The quantitative estimate of drug-likeness (QED) is 0.679. The highest BCUT2D eigenvalue weighted by Crippen LogP contribution is 2.31. The third-order valence-electron chi connectivity index (χ3n) is 2.15. The molecule has 0 fully saturated rings. The van der Waals surface area contributed by atoms with E-state index in [9.17, 15) is 9.18 Å². The monoisotopic (exact) mass is 196 g/mol. The summed E-state index contributed by atoms with van der Waals surface area (Å²) in [6.45, 7) is 0.0266. The van der Waals surface area contributed by atoms with Crippen LogP contribution in [0.25, 0.3) is 0 Å². The van der Waals surface area contributed by atoms with Crippen molar-refractivity contribution in [2.45, 2.75) is 6.42 Å². The van der Waals surface area contributed by atoms with Gasteiger partial charge in [-0.15, -0.1) is 0 Å². The molecule has 1 aromatic carbocycles. The lowest BCUT2D eigenvalue weighted by atomic mass is 10.0. The lowest BCUT2D eigenvalue weighted by Crippen LogP contribution is -2.21. The average molecular weight is 196 g/mol. The SMILES string of the molecule is COc1ccc2c(c1F)CC(=O)CO2. The minimum atomic E-state index is -0.502. The predicted octanol–water partition coefficient (Wildman–Crippen LogP) is 1.34. The van der Waals surface area contributed by atoms with Gasteiger partial charge in [0.25, 0.3) is 0 Å². The van der Waals surface area contributed by atoms with Crippen LogP contribution in [-0.4, -0.2) is 19.5 Å². The number of rotatable bonds is 1. The number of Topliss-reactive ketones (excluding diaryl/α,β-unsaturated/α-hetero) is 1. The van der Waals surface area contributed by atoms with Gasteiger partial charge in [0.05, 0.1) is 7.11 Å². The molecule has 2 rings (SSSR count). The van der Waals surface area contributed by atoms with E-state index >= 15 is 0 Å². The summed E-state index contributed by atoms with van der Waals surface area (Å²) >= 11 is 0. The van der Waals surface area contributed by atoms with Gasteiger partial charge in [-0.3, -0.25) is 4.79 Å². The summed E-state index contributed by atoms with van der Waals surface area (Å²) in [5.74, 6) is -0.0485. The van der Waals surface area contributed by atoms with E-state index < -0.39 is 5.82 Å². The first kappa shape index (κ1) is 8.99. The van der Waals surface area contributed by atoms with Crippen molar-refractivity contribution in [1.82, 2.24) is 0 Å². The fourth-order valence-electron chi connectivity index (χ4n) is 1.45. The highest BCUT2D eigenvalue weighted by atomic mass is 19.1. The molecule has 74 valence electrons. The van der Waals surface area contributed by atoms with E-state index in [0.29, 0.717) is 11.3 Å². The second-order valence-corrected chi connectivity index (χ2v) is 3.06. The van der Waals surface area contributed by atoms with Gasteiger partial charge in [0.15, 0.2) is 17.3 Å². The van der Waals surface area contributed by atoms with Crippen molar-refractivity contribution in [3.8, 4) is 11.5 Å². The van der Waals surface area contributed by atoms with Gasteiger partial charge in [-0.05, 0) is 12.1 Å². The fourth-order valence-corrected chi connectivity index (χ4v) is 1.45. The van der Waals surface area contributed by atoms with Crippen LogP contribution in [0.5, 0.6) is 11.5 Å². The molecule has 3 nitrogen and oxygen atoms in total. The van der Waals surface area contributed by atoms with Crippen LogP contribution in [-0.2, 0) is 11.2 Å². The van der Waals surface area contributed by atoms with Crippen LogP contribution in [0.1, 0.15) is 5.56 Å². The normalized spacial score (nSPS) is 14.6. The molecule has 0 saturated heterocycles. The minimum Gasteiger partial charge on any atom is -0.494 e. The van der Waals surface area contributed by atoms with Gasteiger partial charge < -0.3 is 9.47 Å². The van der Waals surface area contributed by atoms with E-state index in [1.807, 2.05) is 0 Å². The van der Waals surface area contributed by atoms with Crippen LogP contribution in [0.3, 0.4) is 0 Å². The second-order valence-electron chi connectivity index (χ2n) is 3.06. The zero-order valence-electron chi connectivity index (χ0n) is 7.67. The number of carbonyl (C=O) groups excluding carboxylic acids is 1. The molecule has 0 saturated carbocycles. The number of hydrogen-bond acceptors (Lipinski definition) is 3. The Morgan fingerprint density at radius 2 is 2.29 bits per heavy atom. The maximum absolute atomic E-state index is 13.6. The standard InChI is InChI=1S/C10H9FO3/c1-13-9-3-2-8-7(10(9)11)4-6(12)5-14-8/h2-3H,4-5H2,1H3. The van der Waals surface area contributed by atoms with Crippen molar-refractivity contribution in [3.63, 3.8) is 0 Å². The van der Waals surface area contributed by atoms with Crippen molar-refractivity contribution < 1.29 is 18.7 Å². The van der Waals surface area contributed by atoms with E-state index in [0.717, 1.165) is 0 Å². The van der Waals surface area contributed by atoms with Gasteiger partial charge >= 0.3 is 0 Å². The molecule has 0 aliphatic carbocycles. The molecule has 0 N–H and O–H groups in total. The van der Waals surface area contributed by atoms with E-state index in [4.69, 9.17) is 9.47 Å². The first-order chi connectivity index (χ1) is 6.72. The second kappa shape index (κ2) is 3.29. The molecule has 0 aromatic heterocycles. The van der Waals surface area contributed by atoms with Crippen molar-refractivity contribution in [2.75, 3.05) is 13.7 Å². The molecule has 4 heteroatoms. The van der Waals surface area contributed by atoms with Gasteiger partial charge in [-0.25, -0.2) is 4.39 Å². The molecular weight excluding hydrogens is 187 g/mol. The molecule has 1 aliphatic heterocycles. The van der Waals surface area contributed by atoms with Gasteiger partial charge in [0.1, 0.15) is 12.4 Å². The summed E-state index contributed by atoms with van der Waals surface area (Å²) in [5.41, 5.74) is 0.292. The molecule has 1 heterocycles. The molecule has 0 radical (unpaired) electrons. The summed E-state index contributed by atoms with van der Waals surface area (Å²) in [5, 5.41) is 0. The Morgan fingerprint density at radius 3 is 3.00 bits per heavy atom. The fraction of sp³-hybridized carbons (Fsp3) is 0.300. The Hall–Kier alpha value is -1.58. The first-order valence-electron chi connectivity index (χ1n) is 4.22. The topological polar surface area (TPSA) is 35.5 Å². The van der Waals surface area contributed by atoms with Crippen molar-refractivity contribution in [3.05, 3.63) is 23.5 Å². The zero-order valence-corrected chi connectivity index (χ0v) is 7.67. The Balaban J connectivity index is 2.50. The van der Waals surface area contributed by atoms with E-state index in [-0.39, 0.29) is 24.6 Å². The number of ether oxygens (including phenoxy) is 2. The Kier molecular flexibility index (Phi) is 2.11. The third kappa shape index (κ3) is 1.32. The maximum atomic E-state index is 13.6. The zero-order chi connectivity index (χ0) is 10.1. The van der Waals surface area contributed by atoms with Crippen molar-refractivity contribution >= 4 is 5.78 Å². The smallest absolute Gasteiger partial charge is 0.174 e. The maximum Gasteiger partial charge on any atom is 0.174 e. The first-order valence-corrected chi connectivity index (χ1v) is 4.22. The van der Waals surface area contributed by atoms with Crippen LogP contribution in [0.2, 0.25) is 0 Å². The Bertz CT molecular complexity index is 387. The lowest BCUT2D eigenvalue weighted by molar-refractivity contribution is -0.121. The Morgan fingerprint density at radius 1 is 1.50 bits per heavy atom. The molecule has 0 atom stereocenters. The highest BCUT2D eigenvalue weighted by Gasteiger charge is 2.22. The van der Waals surface area contributed by atoms with Crippen molar-refractivity contribution in [2.24, 2.45) is 0 Å². The number of carbonyl (C=O) groups is 1. The van der Waals surface area contributed by atoms with E-state index in [1.165, 1.54) is 13.2 Å². The lowest BCUT2D eigenvalue weighted by Gasteiger charge is -2.17. The molecule has 1 aromatic rings. The largest absolute Gasteiger partial charge is 0.494 e. The van der Waals surface area contributed by atoms with Gasteiger partial charge in [-0.2, -0.15) is 0 Å². The van der Waals surface area contributed by atoms with Crippen LogP contribution < -0.4 is 9.47 Å². The van der Waals surface area contributed by atoms with E-state index in [1.54, 1.807) is 6.07 Å². The van der Waals surface area contributed by atoms with E-state index in [2.05, 4.69) is 0 Å². The predicted molar refractivity (Wildman–Crippen MR) is 47.2 cm³/mol. The molecule has 1 aliphatic rings. The van der Waals surface area contributed by atoms with Gasteiger partial charge in [0.2, 0.25) is 0 Å². The Labute approximate surface area is 80.4 Å². The number of methoxy groups -OCH3 is 1. The van der Waals surface area contributed by atoms with Crippen LogP contribution in [0.4, 0.5) is 4.39 Å². The molecular formula is C10H9FO3. The summed E-state index contributed by atoms with van der Waals surface area (Å²) < 4.78 is 23.4. The third-order valence-corrected chi connectivity index (χ3v) is 2.15. The van der Waals surface area contributed by atoms with Crippen LogP contribution in [0, 0.1) is 5.82 Å². The van der Waals surface area contributed by atoms with Crippen LogP contribution >= 0.6 is 0 Å². The van der Waals surface area contributed by atoms with Crippen LogP contribution in [0.15, 0.2) is 12.1 Å². The van der Waals surface area contributed by atoms with Gasteiger partial charge in [0, 0.05) is 12.0 Å². The molecule has 0 spiro atoms. The molecule has 0 amide bonds. The summed E-state index contributed by atoms with van der Waals surface area (Å²) in [6, 6.07) is 3.10. The van der Waals surface area contributed by atoms with Gasteiger partial charge in [-0.1, -0.05) is 0 Å². The minimum absolute atomic E-state index is 0.0266. The number of hydrogen-bond donors (Lipinski definition) is 0. The summed E-state index contributed by atoms with van der Waals surface area (Å²) in [6.07, 6.45) is 0.0817. The average Bonchev–Trinajstić information content (AvgIpc) is 2.20.